The molecule has 0 atom stereocenters. The molecule has 0 amide bonds. The Morgan fingerprint density at radius 1 is 1.17 bits per heavy atom. The molecule has 9 nitrogen and oxygen atoms in total. The summed E-state index contributed by atoms with van der Waals surface area (Å²) < 4.78 is 32.3. The van der Waals surface area contributed by atoms with Gasteiger partial charge in [0.15, 0.2) is 0 Å². The average molecular weight is 420 g/mol. The van der Waals surface area contributed by atoms with E-state index in [4.69, 9.17) is 4.74 Å². The number of nitro groups is 1. The van der Waals surface area contributed by atoms with Crippen LogP contribution in [0.15, 0.2) is 52.5 Å². The predicted octanol–water partition coefficient (Wildman–Crippen LogP) is 3.47. The van der Waals surface area contributed by atoms with Crippen molar-refractivity contribution in [1.29, 1.82) is 0 Å². The highest BCUT2D eigenvalue weighted by Crippen LogP contribution is 2.29. The van der Waals surface area contributed by atoms with Crippen LogP contribution in [0, 0.1) is 10.1 Å². The van der Waals surface area contributed by atoms with Gasteiger partial charge in [0.1, 0.15) is 10.6 Å². The van der Waals surface area contributed by atoms with Crippen LogP contribution < -0.4 is 10.2 Å². The van der Waals surface area contributed by atoms with Gasteiger partial charge in [-0.25, -0.2) is 8.42 Å². The highest BCUT2D eigenvalue weighted by molar-refractivity contribution is 7.89. The van der Waals surface area contributed by atoms with Crippen molar-refractivity contribution in [3.63, 3.8) is 0 Å². The molecule has 0 bridgehead atoms. The summed E-state index contributed by atoms with van der Waals surface area (Å²) in [6.45, 7) is 5.66. The number of sulfonamides is 1. The fraction of sp³-hybridized carbons (Fsp3) is 0.316. The van der Waals surface area contributed by atoms with Crippen LogP contribution in [0.25, 0.3) is 0 Å². The Kier molecular flexibility index (Phi) is 7.29. The molecule has 156 valence electrons. The third-order valence-corrected chi connectivity index (χ3v) is 6.44. The van der Waals surface area contributed by atoms with Crippen LogP contribution in [0.5, 0.6) is 5.75 Å². The Morgan fingerprint density at radius 3 is 2.31 bits per heavy atom. The summed E-state index contributed by atoms with van der Waals surface area (Å²) in [5, 5.41) is 15.4. The molecule has 2 rings (SSSR count). The topological polar surface area (TPSA) is 114 Å². The molecule has 1 N–H and O–H groups in total. The van der Waals surface area contributed by atoms with E-state index in [0.29, 0.717) is 11.5 Å². The molecule has 0 aliphatic carbocycles. The third-order valence-electron chi connectivity index (χ3n) is 4.35. The second-order valence-corrected chi connectivity index (χ2v) is 7.97. The van der Waals surface area contributed by atoms with Crippen LogP contribution >= 0.6 is 0 Å². The molecule has 0 unspecified atom stereocenters. The Labute approximate surface area is 170 Å². The van der Waals surface area contributed by atoms with E-state index >= 15 is 0 Å². The summed E-state index contributed by atoms with van der Waals surface area (Å²) in [6, 6.07) is 10.9. The Bertz CT molecular complexity index is 1000. The van der Waals surface area contributed by atoms with Gasteiger partial charge in [-0.1, -0.05) is 13.8 Å². The van der Waals surface area contributed by atoms with Gasteiger partial charge in [-0.3, -0.25) is 15.5 Å². The number of hydrazone groups is 1. The number of ether oxygens (including phenoxy) is 1. The van der Waals surface area contributed by atoms with E-state index < -0.39 is 14.9 Å². The molecule has 2 aromatic carbocycles. The summed E-state index contributed by atoms with van der Waals surface area (Å²) in [4.78, 5) is 10.3. The van der Waals surface area contributed by atoms with Gasteiger partial charge in [0.2, 0.25) is 10.0 Å². The van der Waals surface area contributed by atoms with E-state index in [0.717, 1.165) is 11.6 Å². The van der Waals surface area contributed by atoms with Crippen LogP contribution in [0.4, 0.5) is 11.4 Å². The number of hydrogen-bond acceptors (Lipinski definition) is 7. The van der Waals surface area contributed by atoms with Crippen LogP contribution in [0.1, 0.15) is 26.3 Å². The zero-order chi connectivity index (χ0) is 21.6. The van der Waals surface area contributed by atoms with Crippen molar-refractivity contribution in [3.05, 3.63) is 58.1 Å². The molecule has 0 aromatic heterocycles. The maximum absolute atomic E-state index is 13.0. The maximum Gasteiger partial charge on any atom is 0.270 e. The minimum absolute atomic E-state index is 0.162. The van der Waals surface area contributed by atoms with Gasteiger partial charge in [0.05, 0.1) is 23.4 Å². The number of hydrogen-bond donors (Lipinski definition) is 1. The first-order valence-electron chi connectivity index (χ1n) is 8.97. The quantitative estimate of drug-likeness (QED) is 0.377. The number of benzene rings is 2. The summed E-state index contributed by atoms with van der Waals surface area (Å²) >= 11 is 0. The van der Waals surface area contributed by atoms with Crippen LogP contribution in [0.3, 0.4) is 0 Å². The van der Waals surface area contributed by atoms with Crippen LogP contribution in [-0.4, -0.2) is 43.6 Å². The first-order chi connectivity index (χ1) is 13.7. The Balaban J connectivity index is 2.44. The fourth-order valence-electron chi connectivity index (χ4n) is 2.67. The molecule has 10 heteroatoms. The molecule has 2 aromatic rings. The van der Waals surface area contributed by atoms with E-state index in [1.807, 2.05) is 12.1 Å². The largest absolute Gasteiger partial charge is 0.497 e. The van der Waals surface area contributed by atoms with Crippen molar-refractivity contribution in [2.24, 2.45) is 5.10 Å². The lowest BCUT2D eigenvalue weighted by Crippen LogP contribution is -2.31. The molecular formula is C19H24N4O5S. The molecule has 0 saturated carbocycles. The smallest absolute Gasteiger partial charge is 0.270 e. The van der Waals surface area contributed by atoms with Gasteiger partial charge in [-0.05, 0) is 42.8 Å². The molecule has 0 spiro atoms. The number of nitro benzene ring substituents is 1. The number of nitrogens with one attached hydrogen (secondary N) is 1. The normalized spacial score (nSPS) is 12.1. The van der Waals surface area contributed by atoms with E-state index in [1.54, 1.807) is 40.0 Å². The van der Waals surface area contributed by atoms with E-state index in [2.05, 4.69) is 10.5 Å². The van der Waals surface area contributed by atoms with Crippen molar-refractivity contribution in [2.75, 3.05) is 25.6 Å². The van der Waals surface area contributed by atoms with Crippen LogP contribution in [-0.2, 0) is 10.0 Å². The first kappa shape index (κ1) is 22.3. The second-order valence-electron chi connectivity index (χ2n) is 6.06. The summed E-state index contributed by atoms with van der Waals surface area (Å²) in [7, 11) is -2.36. The van der Waals surface area contributed by atoms with Gasteiger partial charge in [0.25, 0.3) is 5.69 Å². The average Bonchev–Trinajstić information content (AvgIpc) is 2.72. The van der Waals surface area contributed by atoms with Gasteiger partial charge < -0.3 is 4.74 Å². The van der Waals surface area contributed by atoms with Crippen molar-refractivity contribution in [2.45, 2.75) is 25.7 Å². The van der Waals surface area contributed by atoms with E-state index in [9.17, 15) is 18.5 Å². The molecular weight excluding hydrogens is 396 g/mol. The molecule has 0 aliphatic heterocycles. The zero-order valence-corrected chi connectivity index (χ0v) is 17.6. The third kappa shape index (κ3) is 5.09. The Hall–Kier alpha value is -2.98. The van der Waals surface area contributed by atoms with Crippen molar-refractivity contribution in [3.8, 4) is 5.75 Å². The number of nitrogens with zero attached hydrogens (tertiary/aromatic N) is 3. The summed E-state index contributed by atoms with van der Waals surface area (Å²) in [5.74, 6) is 0.706. The van der Waals surface area contributed by atoms with E-state index in [-0.39, 0.29) is 29.4 Å². The SMILES string of the molecule is CCN(CC)S(=O)(=O)c1cc([N+](=O)[O-])ccc1N/N=C(\C)c1ccc(OC)cc1. The lowest BCUT2D eigenvalue weighted by Gasteiger charge is -2.20. The van der Waals surface area contributed by atoms with E-state index in [1.165, 1.54) is 16.4 Å². The monoisotopic (exact) mass is 420 g/mol. The predicted molar refractivity (Wildman–Crippen MR) is 112 cm³/mol. The van der Waals surface area contributed by atoms with Crippen molar-refractivity contribution in [1.82, 2.24) is 4.31 Å². The minimum atomic E-state index is -3.93. The highest BCUT2D eigenvalue weighted by Gasteiger charge is 2.27. The van der Waals surface area contributed by atoms with Gasteiger partial charge in [-0.2, -0.15) is 9.41 Å². The lowest BCUT2D eigenvalue weighted by atomic mass is 10.1. The molecule has 0 aliphatic rings. The first-order valence-corrected chi connectivity index (χ1v) is 10.4. The molecule has 0 fully saturated rings. The second kappa shape index (κ2) is 9.48. The standard InChI is InChI=1S/C19H24N4O5S/c1-5-22(6-2)29(26,27)19-13-16(23(24)25)9-12-18(19)21-20-14(3)15-7-10-17(28-4)11-8-15/h7-13,21H,5-6H2,1-4H3/b20-14+. The summed E-state index contributed by atoms with van der Waals surface area (Å²) in [5.41, 5.74) is 4.02. The van der Waals surface area contributed by atoms with Crippen molar-refractivity contribution >= 4 is 27.1 Å². The van der Waals surface area contributed by atoms with Crippen molar-refractivity contribution < 1.29 is 18.1 Å². The molecule has 29 heavy (non-hydrogen) atoms. The summed E-state index contributed by atoms with van der Waals surface area (Å²) in [6.07, 6.45) is 0. The maximum atomic E-state index is 13.0. The molecule has 0 heterocycles. The van der Waals surface area contributed by atoms with Gasteiger partial charge in [-0.15, -0.1) is 0 Å². The lowest BCUT2D eigenvalue weighted by molar-refractivity contribution is -0.385. The van der Waals surface area contributed by atoms with Gasteiger partial charge >= 0.3 is 0 Å². The molecule has 0 radical (unpaired) electrons. The number of methoxy groups -OCH3 is 1. The highest BCUT2D eigenvalue weighted by atomic mass is 32.2. The van der Waals surface area contributed by atoms with Gasteiger partial charge in [0, 0.05) is 25.2 Å². The minimum Gasteiger partial charge on any atom is -0.497 e. The zero-order valence-electron chi connectivity index (χ0n) is 16.7. The number of rotatable bonds is 9. The molecule has 0 saturated heterocycles. The Morgan fingerprint density at radius 2 is 1.79 bits per heavy atom. The fourth-order valence-corrected chi connectivity index (χ4v) is 4.29. The van der Waals surface area contributed by atoms with Crippen LogP contribution in [0.2, 0.25) is 0 Å². The number of non-ortho nitro benzene ring substituents is 1. The number of anilines is 1.